The van der Waals surface area contributed by atoms with Gasteiger partial charge in [-0.3, -0.25) is 9.59 Å². The number of aliphatic carboxylic acids is 1. The van der Waals surface area contributed by atoms with Crippen molar-refractivity contribution in [3.05, 3.63) is 0 Å². The number of hydrogen-bond acceptors (Lipinski definition) is 4. The molecule has 1 unspecified atom stereocenters. The number of alkyl halides is 2. The van der Waals surface area contributed by atoms with Gasteiger partial charge in [-0.15, -0.1) is 0 Å². The SMILES string of the molecule is [2H]C([2H])(CCC[C@H]1C(=O)C[C@@H](O)[C@@H]1CCC(O)C(F)(F)CCCC)CC([2H])([2H])C(=O)O. The molecule has 3 N–H and O–H groups in total. The van der Waals surface area contributed by atoms with Crippen molar-refractivity contribution in [3.63, 3.8) is 0 Å². The summed E-state index contributed by atoms with van der Waals surface area (Å²) in [6, 6.07) is 0. The van der Waals surface area contributed by atoms with E-state index >= 15 is 0 Å². The van der Waals surface area contributed by atoms with Crippen LogP contribution in [-0.4, -0.2) is 45.2 Å². The lowest BCUT2D eigenvalue weighted by Gasteiger charge is -2.26. The van der Waals surface area contributed by atoms with Crippen molar-refractivity contribution < 1.29 is 39.2 Å². The highest BCUT2D eigenvalue weighted by Gasteiger charge is 2.43. The van der Waals surface area contributed by atoms with Gasteiger partial charge in [0, 0.05) is 30.6 Å². The minimum Gasteiger partial charge on any atom is -0.481 e. The van der Waals surface area contributed by atoms with Crippen molar-refractivity contribution in [1.29, 1.82) is 0 Å². The molecule has 0 aliphatic heterocycles. The summed E-state index contributed by atoms with van der Waals surface area (Å²) < 4.78 is 58.4. The summed E-state index contributed by atoms with van der Waals surface area (Å²) in [6.07, 6.45) is -8.30. The van der Waals surface area contributed by atoms with E-state index in [1.165, 1.54) is 0 Å². The number of halogens is 2. The van der Waals surface area contributed by atoms with Crippen LogP contribution in [0.4, 0.5) is 8.78 Å². The topological polar surface area (TPSA) is 94.8 Å². The average molecular weight is 397 g/mol. The fourth-order valence-electron chi connectivity index (χ4n) is 3.60. The third-order valence-corrected chi connectivity index (χ3v) is 5.19. The van der Waals surface area contributed by atoms with Gasteiger partial charge in [0.15, 0.2) is 0 Å². The molecular formula is C20H34F2O5. The quantitative estimate of drug-likeness (QED) is 0.413. The molecule has 0 saturated heterocycles. The molecule has 1 aliphatic carbocycles. The number of aliphatic hydroxyl groups is 2. The standard InChI is InChI=1S/C20H34F2O5/c1-2-3-12-20(21,22)18(25)11-10-15-14(16(23)13-17(15)24)8-6-4-5-7-9-19(26)27/h14-15,17-18,24-25H,2-13H2,1H3,(H,26,27)/t14-,15-,17-,18?/m1/s1/i5D2,9D2. The number of rotatable bonds is 14. The van der Waals surface area contributed by atoms with Gasteiger partial charge in [-0.2, -0.15) is 0 Å². The van der Waals surface area contributed by atoms with Crippen molar-refractivity contribution >= 4 is 11.8 Å². The van der Waals surface area contributed by atoms with E-state index in [1.54, 1.807) is 6.92 Å². The van der Waals surface area contributed by atoms with Gasteiger partial charge >= 0.3 is 5.97 Å². The smallest absolute Gasteiger partial charge is 0.303 e. The molecule has 0 spiro atoms. The van der Waals surface area contributed by atoms with Crippen molar-refractivity contribution in [2.45, 2.75) is 102 Å². The molecule has 0 aromatic rings. The van der Waals surface area contributed by atoms with Crippen molar-refractivity contribution in [2.24, 2.45) is 11.8 Å². The summed E-state index contributed by atoms with van der Waals surface area (Å²) in [5, 5.41) is 28.9. The van der Waals surface area contributed by atoms with Crippen LogP contribution in [-0.2, 0) is 9.59 Å². The average Bonchev–Trinajstić information content (AvgIpc) is 2.89. The first-order chi connectivity index (χ1) is 14.1. The van der Waals surface area contributed by atoms with Gasteiger partial charge in [0.05, 0.1) is 6.10 Å². The minimum atomic E-state index is -3.24. The van der Waals surface area contributed by atoms with Gasteiger partial charge in [0.25, 0.3) is 5.92 Å². The highest BCUT2D eigenvalue weighted by Crippen LogP contribution is 2.38. The number of aliphatic hydroxyl groups excluding tert-OH is 2. The zero-order chi connectivity index (χ0) is 24.0. The summed E-state index contributed by atoms with van der Waals surface area (Å²) in [5.74, 6) is -6.50. The highest BCUT2D eigenvalue weighted by molar-refractivity contribution is 5.84. The van der Waals surface area contributed by atoms with E-state index in [4.69, 9.17) is 10.6 Å². The zero-order valence-corrected chi connectivity index (χ0v) is 15.8. The van der Waals surface area contributed by atoms with Crippen LogP contribution >= 0.6 is 0 Å². The number of carboxylic acid groups (broad SMARTS) is 1. The Balaban J connectivity index is 2.64. The van der Waals surface area contributed by atoms with Gasteiger partial charge in [-0.25, -0.2) is 8.78 Å². The van der Waals surface area contributed by atoms with Crippen LogP contribution in [0.5, 0.6) is 0 Å². The molecule has 0 radical (unpaired) electrons. The highest BCUT2D eigenvalue weighted by atomic mass is 19.3. The lowest BCUT2D eigenvalue weighted by Crippen LogP contribution is -2.34. The lowest BCUT2D eigenvalue weighted by molar-refractivity contribution is -0.137. The van der Waals surface area contributed by atoms with E-state index < -0.39 is 61.5 Å². The van der Waals surface area contributed by atoms with Crippen LogP contribution in [0.2, 0.25) is 0 Å². The van der Waals surface area contributed by atoms with Gasteiger partial charge in [-0.05, 0) is 38.0 Å². The molecule has 5 nitrogen and oxygen atoms in total. The Labute approximate surface area is 165 Å². The number of ketones is 1. The van der Waals surface area contributed by atoms with Crippen LogP contribution in [0.25, 0.3) is 0 Å². The van der Waals surface area contributed by atoms with E-state index in [0.717, 1.165) is 0 Å². The maximum atomic E-state index is 14.0. The molecule has 1 saturated carbocycles. The summed E-state index contributed by atoms with van der Waals surface area (Å²) in [4.78, 5) is 23.1. The second-order valence-electron chi connectivity index (χ2n) is 7.27. The van der Waals surface area contributed by atoms with Gasteiger partial charge in [0.1, 0.15) is 11.9 Å². The van der Waals surface area contributed by atoms with Crippen LogP contribution in [0, 0.1) is 11.8 Å². The summed E-state index contributed by atoms with van der Waals surface area (Å²) in [6.45, 7) is 1.77. The van der Waals surface area contributed by atoms with Gasteiger partial charge < -0.3 is 15.3 Å². The third-order valence-electron chi connectivity index (χ3n) is 5.19. The maximum absolute atomic E-state index is 14.0. The second-order valence-corrected chi connectivity index (χ2v) is 7.27. The largest absolute Gasteiger partial charge is 0.481 e. The Morgan fingerprint density at radius 3 is 2.63 bits per heavy atom. The Hall–Kier alpha value is -1.08. The molecule has 1 aliphatic rings. The van der Waals surface area contributed by atoms with E-state index in [-0.39, 0.29) is 50.7 Å². The fraction of sp³-hybridized carbons (Fsp3) is 0.900. The molecule has 0 bridgehead atoms. The number of hydrogen-bond donors (Lipinski definition) is 3. The zero-order valence-electron chi connectivity index (χ0n) is 19.8. The monoisotopic (exact) mass is 396 g/mol. The number of unbranched alkanes of at least 4 members (excludes halogenated alkanes) is 1. The first-order valence-corrected chi connectivity index (χ1v) is 9.63. The van der Waals surface area contributed by atoms with Crippen LogP contribution < -0.4 is 0 Å². The fourth-order valence-corrected chi connectivity index (χ4v) is 3.60. The first-order valence-electron chi connectivity index (χ1n) is 11.6. The summed E-state index contributed by atoms with van der Waals surface area (Å²) >= 11 is 0. The second kappa shape index (κ2) is 11.7. The Bertz CT molecular complexity index is 618. The van der Waals surface area contributed by atoms with E-state index in [9.17, 15) is 28.6 Å². The van der Waals surface area contributed by atoms with Crippen LogP contribution in [0.3, 0.4) is 0 Å². The van der Waals surface area contributed by atoms with Crippen LogP contribution in [0.15, 0.2) is 0 Å². The lowest BCUT2D eigenvalue weighted by atomic mass is 9.84. The van der Waals surface area contributed by atoms with Gasteiger partial charge in [-0.1, -0.05) is 32.6 Å². The summed E-state index contributed by atoms with van der Waals surface area (Å²) in [5.41, 5.74) is 0. The Morgan fingerprint density at radius 1 is 1.30 bits per heavy atom. The predicted molar refractivity (Wildman–Crippen MR) is 97.7 cm³/mol. The predicted octanol–water partition coefficient (Wildman–Crippen LogP) is 3.94. The van der Waals surface area contributed by atoms with Crippen LogP contribution in [0.1, 0.15) is 89.4 Å². The molecule has 0 heterocycles. The third kappa shape index (κ3) is 8.21. The van der Waals surface area contributed by atoms with E-state index in [0.29, 0.717) is 6.42 Å². The molecule has 0 aromatic heterocycles. The molecule has 4 atom stereocenters. The van der Waals surface area contributed by atoms with E-state index in [2.05, 4.69) is 0 Å². The molecule has 0 amide bonds. The number of Topliss-reactive ketones (excluding diaryl/α,β-unsaturated/α-hetero) is 1. The van der Waals surface area contributed by atoms with Crippen molar-refractivity contribution in [3.8, 4) is 0 Å². The number of carboxylic acids is 1. The Morgan fingerprint density at radius 2 is 2.00 bits per heavy atom. The number of carbonyl (C=O) groups is 2. The maximum Gasteiger partial charge on any atom is 0.303 e. The van der Waals surface area contributed by atoms with Gasteiger partial charge in [0.2, 0.25) is 0 Å². The normalized spacial score (nSPS) is 27.6. The van der Waals surface area contributed by atoms with E-state index in [1.807, 2.05) is 0 Å². The molecular weight excluding hydrogens is 358 g/mol. The molecule has 1 fully saturated rings. The first kappa shape index (κ1) is 18.0. The molecule has 0 aromatic carbocycles. The minimum absolute atomic E-state index is 0.0366. The van der Waals surface area contributed by atoms with Crippen molar-refractivity contribution in [1.82, 2.24) is 0 Å². The Kier molecular flexibility index (Phi) is 7.79. The molecule has 1 rings (SSSR count). The number of carbonyl (C=O) groups excluding carboxylic acids is 1. The molecule has 158 valence electrons. The van der Waals surface area contributed by atoms with Crippen molar-refractivity contribution in [2.75, 3.05) is 0 Å². The summed E-state index contributed by atoms with van der Waals surface area (Å²) in [7, 11) is 0. The molecule has 27 heavy (non-hydrogen) atoms. The molecule has 7 heteroatoms.